The molecule has 170 valence electrons. The molecule has 4 rings (SSSR count). The number of aryl methyl sites for hydroxylation is 1. The first-order valence-corrected chi connectivity index (χ1v) is 12.0. The zero-order chi connectivity index (χ0) is 23.0. The fourth-order valence-corrected chi connectivity index (χ4v) is 4.34. The van der Waals surface area contributed by atoms with Gasteiger partial charge in [-0.1, -0.05) is 49.4 Å². The molecular weight excluding hydrogens is 428 g/mol. The van der Waals surface area contributed by atoms with Crippen LogP contribution in [-0.4, -0.2) is 37.2 Å². The van der Waals surface area contributed by atoms with Crippen molar-refractivity contribution >= 4 is 34.6 Å². The van der Waals surface area contributed by atoms with Gasteiger partial charge in [0.2, 0.25) is 0 Å². The Morgan fingerprint density at radius 2 is 1.58 bits per heavy atom. The highest BCUT2D eigenvalue weighted by molar-refractivity contribution is 7.80. The first-order valence-electron chi connectivity index (χ1n) is 11.5. The highest BCUT2D eigenvalue weighted by atomic mass is 32.1. The number of anilines is 2. The first-order chi connectivity index (χ1) is 16.1. The second-order valence-electron chi connectivity index (χ2n) is 8.41. The molecule has 3 N–H and O–H groups in total. The Hall–Kier alpha value is -3.22. The molecule has 0 atom stereocenters. The van der Waals surface area contributed by atoms with E-state index in [1.165, 1.54) is 16.8 Å². The topological polar surface area (TPSA) is 48.8 Å². The largest absolute Gasteiger partial charge is 0.360 e. The fourth-order valence-electron chi connectivity index (χ4n) is 4.13. The number of benzene rings is 3. The maximum atomic E-state index is 12.4. The van der Waals surface area contributed by atoms with Crippen LogP contribution >= 0.6 is 12.2 Å². The van der Waals surface area contributed by atoms with Crippen molar-refractivity contribution in [3.05, 3.63) is 95.6 Å². The molecule has 0 spiro atoms. The van der Waals surface area contributed by atoms with Gasteiger partial charge >= 0.3 is 0 Å². The smallest absolute Gasteiger partial charge is 0.257 e. The lowest BCUT2D eigenvalue weighted by molar-refractivity contribution is -0.914. The van der Waals surface area contributed by atoms with E-state index in [1.807, 2.05) is 36.4 Å². The van der Waals surface area contributed by atoms with Crippen molar-refractivity contribution < 1.29 is 9.69 Å². The van der Waals surface area contributed by atoms with Gasteiger partial charge in [-0.2, -0.15) is 0 Å². The first kappa shape index (κ1) is 23.0. The molecule has 1 amide bonds. The summed E-state index contributed by atoms with van der Waals surface area (Å²) in [5, 5.41) is 6.16. The number of carbonyl (C=O) groups is 1. The summed E-state index contributed by atoms with van der Waals surface area (Å²) in [5.41, 5.74) is 5.27. The highest BCUT2D eigenvalue weighted by Crippen LogP contribution is 2.18. The molecule has 0 aromatic heterocycles. The van der Waals surface area contributed by atoms with Gasteiger partial charge in [-0.3, -0.25) is 10.1 Å². The van der Waals surface area contributed by atoms with Gasteiger partial charge in [-0.25, -0.2) is 0 Å². The van der Waals surface area contributed by atoms with Crippen LogP contribution in [0.25, 0.3) is 0 Å². The Morgan fingerprint density at radius 1 is 0.909 bits per heavy atom. The number of rotatable bonds is 6. The molecule has 0 aliphatic carbocycles. The van der Waals surface area contributed by atoms with Crippen molar-refractivity contribution in [2.75, 3.05) is 36.4 Å². The molecule has 6 heteroatoms. The molecular formula is C27H31N4OS+. The summed E-state index contributed by atoms with van der Waals surface area (Å²) in [6, 6.07) is 26.5. The SMILES string of the molecule is CCc1ccc(C(=O)NC(=S)Nc2ccc(N3CC[NH+](Cc4ccccc4)CC3)cc2)cc1. The number of nitrogens with zero attached hydrogens (tertiary/aromatic N) is 1. The monoisotopic (exact) mass is 459 g/mol. The number of hydrogen-bond acceptors (Lipinski definition) is 3. The third-order valence-electron chi connectivity index (χ3n) is 6.11. The third kappa shape index (κ3) is 6.40. The van der Waals surface area contributed by atoms with Crippen molar-refractivity contribution in [3.63, 3.8) is 0 Å². The van der Waals surface area contributed by atoms with E-state index in [1.54, 1.807) is 4.90 Å². The Bertz CT molecular complexity index is 1060. The summed E-state index contributed by atoms with van der Waals surface area (Å²) in [6.45, 7) is 7.52. The summed E-state index contributed by atoms with van der Waals surface area (Å²) in [7, 11) is 0. The molecule has 1 saturated heterocycles. The Kier molecular flexibility index (Phi) is 7.70. The summed E-state index contributed by atoms with van der Waals surface area (Å²) in [5.74, 6) is -0.206. The number of amides is 1. The van der Waals surface area contributed by atoms with Crippen LogP contribution in [0.15, 0.2) is 78.9 Å². The zero-order valence-electron chi connectivity index (χ0n) is 19.0. The van der Waals surface area contributed by atoms with E-state index in [-0.39, 0.29) is 5.91 Å². The number of carbonyl (C=O) groups excluding carboxylic acids is 1. The number of thiocarbonyl (C=S) groups is 1. The fraction of sp³-hybridized carbons (Fsp3) is 0.259. The molecule has 3 aromatic carbocycles. The van der Waals surface area contributed by atoms with E-state index in [4.69, 9.17) is 12.2 Å². The average Bonchev–Trinajstić information content (AvgIpc) is 2.85. The molecule has 1 aliphatic heterocycles. The van der Waals surface area contributed by atoms with E-state index in [0.29, 0.717) is 10.7 Å². The van der Waals surface area contributed by atoms with Crippen LogP contribution in [0.3, 0.4) is 0 Å². The lowest BCUT2D eigenvalue weighted by Crippen LogP contribution is -3.13. The maximum Gasteiger partial charge on any atom is 0.257 e. The van der Waals surface area contributed by atoms with Gasteiger partial charge in [0.1, 0.15) is 6.54 Å². The number of quaternary nitrogens is 1. The molecule has 3 aromatic rings. The molecule has 1 fully saturated rings. The van der Waals surface area contributed by atoms with Crippen LogP contribution in [0.1, 0.15) is 28.4 Å². The summed E-state index contributed by atoms with van der Waals surface area (Å²) in [6.07, 6.45) is 0.947. The number of nitrogens with one attached hydrogen (secondary N) is 3. The van der Waals surface area contributed by atoms with E-state index < -0.39 is 0 Å². The van der Waals surface area contributed by atoms with E-state index in [9.17, 15) is 4.79 Å². The second-order valence-corrected chi connectivity index (χ2v) is 8.81. The minimum absolute atomic E-state index is 0.206. The van der Waals surface area contributed by atoms with E-state index in [0.717, 1.165) is 44.8 Å². The van der Waals surface area contributed by atoms with Crippen molar-refractivity contribution in [2.45, 2.75) is 19.9 Å². The minimum atomic E-state index is -0.206. The zero-order valence-corrected chi connectivity index (χ0v) is 19.8. The van der Waals surface area contributed by atoms with Crippen LogP contribution in [-0.2, 0) is 13.0 Å². The summed E-state index contributed by atoms with van der Waals surface area (Å²) >= 11 is 5.33. The van der Waals surface area contributed by atoms with Crippen molar-refractivity contribution in [2.24, 2.45) is 0 Å². The van der Waals surface area contributed by atoms with E-state index >= 15 is 0 Å². The second kappa shape index (κ2) is 11.1. The molecule has 33 heavy (non-hydrogen) atoms. The van der Waals surface area contributed by atoms with Crippen molar-refractivity contribution in [1.82, 2.24) is 5.32 Å². The number of hydrogen-bond donors (Lipinski definition) is 3. The quantitative estimate of drug-likeness (QED) is 0.495. The van der Waals surface area contributed by atoms with Crippen LogP contribution in [0.2, 0.25) is 0 Å². The molecule has 0 unspecified atom stereocenters. The van der Waals surface area contributed by atoms with Gasteiger partial charge in [0.25, 0.3) is 5.91 Å². The predicted molar refractivity (Wildman–Crippen MR) is 139 cm³/mol. The van der Waals surface area contributed by atoms with Gasteiger partial charge < -0.3 is 15.1 Å². The van der Waals surface area contributed by atoms with Gasteiger partial charge in [0.05, 0.1) is 26.2 Å². The van der Waals surface area contributed by atoms with Crippen LogP contribution in [0.4, 0.5) is 11.4 Å². The van der Waals surface area contributed by atoms with Crippen molar-refractivity contribution in [1.29, 1.82) is 0 Å². The number of piperazine rings is 1. The minimum Gasteiger partial charge on any atom is -0.360 e. The Balaban J connectivity index is 1.25. The lowest BCUT2D eigenvalue weighted by atomic mass is 10.1. The van der Waals surface area contributed by atoms with Gasteiger partial charge in [-0.15, -0.1) is 0 Å². The van der Waals surface area contributed by atoms with Gasteiger partial charge in [-0.05, 0) is 60.6 Å². The van der Waals surface area contributed by atoms with Gasteiger partial charge in [0, 0.05) is 22.5 Å². The van der Waals surface area contributed by atoms with Crippen LogP contribution in [0, 0.1) is 0 Å². The average molecular weight is 460 g/mol. The predicted octanol–water partition coefficient (Wildman–Crippen LogP) is 3.28. The highest BCUT2D eigenvalue weighted by Gasteiger charge is 2.20. The lowest BCUT2D eigenvalue weighted by Gasteiger charge is -2.33. The molecule has 0 saturated carbocycles. The molecule has 1 aliphatic rings. The molecule has 5 nitrogen and oxygen atoms in total. The maximum absolute atomic E-state index is 12.4. The normalized spacial score (nSPS) is 14.0. The van der Waals surface area contributed by atoms with Crippen LogP contribution < -0.4 is 20.4 Å². The standard InChI is InChI=1S/C27H30N4OS/c1-2-21-8-10-23(11-9-21)26(32)29-27(33)28-24-12-14-25(15-13-24)31-18-16-30(17-19-31)20-22-6-4-3-5-7-22/h3-15H,2,16-20H2,1H3,(H2,28,29,32,33)/p+1. The third-order valence-corrected chi connectivity index (χ3v) is 6.31. The van der Waals surface area contributed by atoms with Crippen molar-refractivity contribution in [3.8, 4) is 0 Å². The van der Waals surface area contributed by atoms with Gasteiger partial charge in [0.15, 0.2) is 5.11 Å². The van der Waals surface area contributed by atoms with E-state index in [2.05, 4.69) is 64.9 Å². The molecule has 1 heterocycles. The summed E-state index contributed by atoms with van der Waals surface area (Å²) < 4.78 is 0. The summed E-state index contributed by atoms with van der Waals surface area (Å²) in [4.78, 5) is 16.5. The Morgan fingerprint density at radius 3 is 2.21 bits per heavy atom. The molecule has 0 bridgehead atoms. The molecule has 0 radical (unpaired) electrons. The van der Waals surface area contributed by atoms with Crippen LogP contribution in [0.5, 0.6) is 0 Å². The Labute approximate surface area is 201 Å².